The molecular weight excluding hydrogens is 237 g/mol. The molecule has 1 fully saturated rings. The van der Waals surface area contributed by atoms with E-state index in [1.807, 2.05) is 0 Å². The van der Waals surface area contributed by atoms with E-state index in [4.69, 9.17) is 4.74 Å². The summed E-state index contributed by atoms with van der Waals surface area (Å²) < 4.78 is 42.0. The standard InChI is InChI=1S/C10H17F3N2O2/c1-2-3-15(8-10(11,12)13)9(16)14-4-6-17-7-5-14/h2-8H2,1H3. The molecule has 1 aliphatic heterocycles. The van der Waals surface area contributed by atoms with Gasteiger partial charge in [0.1, 0.15) is 6.54 Å². The third-order valence-corrected chi connectivity index (χ3v) is 2.42. The van der Waals surface area contributed by atoms with E-state index in [2.05, 4.69) is 0 Å². The lowest BCUT2D eigenvalue weighted by molar-refractivity contribution is -0.141. The highest BCUT2D eigenvalue weighted by molar-refractivity contribution is 5.74. The molecule has 0 N–H and O–H groups in total. The number of carbonyl (C=O) groups is 1. The summed E-state index contributed by atoms with van der Waals surface area (Å²) in [7, 11) is 0. The van der Waals surface area contributed by atoms with E-state index < -0.39 is 18.8 Å². The Balaban J connectivity index is 2.58. The molecule has 2 amide bonds. The summed E-state index contributed by atoms with van der Waals surface area (Å²) in [6.45, 7) is 2.17. The molecule has 1 aliphatic rings. The van der Waals surface area contributed by atoms with Gasteiger partial charge in [0.2, 0.25) is 0 Å². The highest BCUT2D eigenvalue weighted by atomic mass is 19.4. The van der Waals surface area contributed by atoms with Crippen LogP contribution in [-0.2, 0) is 4.74 Å². The van der Waals surface area contributed by atoms with Crippen molar-refractivity contribution >= 4 is 6.03 Å². The van der Waals surface area contributed by atoms with Crippen LogP contribution in [0.2, 0.25) is 0 Å². The second-order valence-electron chi connectivity index (χ2n) is 3.92. The van der Waals surface area contributed by atoms with Gasteiger partial charge in [0.25, 0.3) is 0 Å². The van der Waals surface area contributed by atoms with Crippen LogP contribution in [0.3, 0.4) is 0 Å². The van der Waals surface area contributed by atoms with Gasteiger partial charge >= 0.3 is 12.2 Å². The van der Waals surface area contributed by atoms with Crippen LogP contribution in [0.25, 0.3) is 0 Å². The van der Waals surface area contributed by atoms with Crippen LogP contribution < -0.4 is 0 Å². The molecule has 0 atom stereocenters. The van der Waals surface area contributed by atoms with Crippen molar-refractivity contribution in [1.29, 1.82) is 0 Å². The van der Waals surface area contributed by atoms with Gasteiger partial charge < -0.3 is 14.5 Å². The Bertz CT molecular complexity index is 252. The highest BCUT2D eigenvalue weighted by Crippen LogP contribution is 2.18. The quantitative estimate of drug-likeness (QED) is 0.768. The van der Waals surface area contributed by atoms with Gasteiger partial charge in [0.05, 0.1) is 13.2 Å². The SMILES string of the molecule is CCCN(CC(F)(F)F)C(=O)N1CCOCC1. The number of halogens is 3. The molecule has 0 aromatic rings. The lowest BCUT2D eigenvalue weighted by Crippen LogP contribution is -2.50. The maximum Gasteiger partial charge on any atom is 0.406 e. The zero-order chi connectivity index (χ0) is 12.9. The Kier molecular flexibility index (Phi) is 5.04. The van der Waals surface area contributed by atoms with Gasteiger partial charge in [-0.3, -0.25) is 0 Å². The number of hydrogen-bond donors (Lipinski definition) is 0. The molecule has 1 saturated heterocycles. The average Bonchev–Trinajstić information content (AvgIpc) is 2.27. The summed E-state index contributed by atoms with van der Waals surface area (Å²) in [4.78, 5) is 14.1. The molecule has 0 unspecified atom stereocenters. The van der Waals surface area contributed by atoms with Crippen LogP contribution >= 0.6 is 0 Å². The fourth-order valence-electron chi connectivity index (χ4n) is 1.68. The second kappa shape index (κ2) is 6.09. The van der Waals surface area contributed by atoms with Crippen molar-refractivity contribution in [3.05, 3.63) is 0 Å². The molecule has 0 aromatic carbocycles. The van der Waals surface area contributed by atoms with Crippen molar-refractivity contribution < 1.29 is 22.7 Å². The van der Waals surface area contributed by atoms with Crippen molar-refractivity contribution in [1.82, 2.24) is 9.80 Å². The molecule has 7 heteroatoms. The fraction of sp³-hybridized carbons (Fsp3) is 0.900. The summed E-state index contributed by atoms with van der Waals surface area (Å²) in [5.74, 6) is 0. The normalized spacial score (nSPS) is 17.1. The van der Waals surface area contributed by atoms with Crippen LogP contribution in [0.5, 0.6) is 0 Å². The smallest absolute Gasteiger partial charge is 0.378 e. The number of nitrogens with zero attached hydrogens (tertiary/aromatic N) is 2. The molecule has 0 aromatic heterocycles. The van der Waals surface area contributed by atoms with Crippen LogP contribution in [-0.4, -0.2) is 61.4 Å². The first-order valence-electron chi connectivity index (χ1n) is 5.62. The number of carbonyl (C=O) groups excluding carboxylic acids is 1. The number of morpholine rings is 1. The Morgan fingerprint density at radius 3 is 2.41 bits per heavy atom. The zero-order valence-corrected chi connectivity index (χ0v) is 9.79. The molecule has 100 valence electrons. The molecule has 0 spiro atoms. The summed E-state index contributed by atoms with van der Waals surface area (Å²) in [6, 6.07) is -0.549. The van der Waals surface area contributed by atoms with Crippen molar-refractivity contribution in [2.45, 2.75) is 19.5 Å². The largest absolute Gasteiger partial charge is 0.406 e. The van der Waals surface area contributed by atoms with E-state index in [0.717, 1.165) is 4.90 Å². The Labute approximate surface area is 98.3 Å². The number of hydrogen-bond acceptors (Lipinski definition) is 2. The van der Waals surface area contributed by atoms with Crippen molar-refractivity contribution in [3.8, 4) is 0 Å². The third kappa shape index (κ3) is 4.80. The number of ether oxygens (including phenoxy) is 1. The van der Waals surface area contributed by atoms with Crippen LogP contribution in [0, 0.1) is 0 Å². The van der Waals surface area contributed by atoms with Gasteiger partial charge in [0.15, 0.2) is 0 Å². The minimum absolute atomic E-state index is 0.121. The second-order valence-corrected chi connectivity index (χ2v) is 3.92. The first-order valence-corrected chi connectivity index (χ1v) is 5.62. The topological polar surface area (TPSA) is 32.8 Å². The molecule has 0 saturated carbocycles. The van der Waals surface area contributed by atoms with Crippen LogP contribution in [0.15, 0.2) is 0 Å². The molecule has 0 radical (unpaired) electrons. The van der Waals surface area contributed by atoms with Gasteiger partial charge in [-0.25, -0.2) is 4.79 Å². The van der Waals surface area contributed by atoms with Gasteiger partial charge in [-0.15, -0.1) is 0 Å². The zero-order valence-electron chi connectivity index (χ0n) is 9.79. The summed E-state index contributed by atoms with van der Waals surface area (Å²) >= 11 is 0. The fourth-order valence-corrected chi connectivity index (χ4v) is 1.68. The van der Waals surface area contributed by atoms with E-state index >= 15 is 0 Å². The maximum atomic E-state index is 12.3. The molecule has 1 heterocycles. The maximum absolute atomic E-state index is 12.3. The molecule has 17 heavy (non-hydrogen) atoms. The van der Waals surface area contributed by atoms with Crippen molar-refractivity contribution in [3.63, 3.8) is 0 Å². The number of urea groups is 1. The Morgan fingerprint density at radius 2 is 1.94 bits per heavy atom. The average molecular weight is 254 g/mol. The van der Waals surface area contributed by atoms with Gasteiger partial charge in [0, 0.05) is 19.6 Å². The number of rotatable bonds is 3. The van der Waals surface area contributed by atoms with E-state index in [1.54, 1.807) is 6.92 Å². The molecule has 0 aliphatic carbocycles. The first kappa shape index (κ1) is 14.1. The summed E-state index contributed by atoms with van der Waals surface area (Å²) in [5.41, 5.74) is 0. The Hall–Kier alpha value is -0.980. The number of alkyl halides is 3. The summed E-state index contributed by atoms with van der Waals surface area (Å²) in [5, 5.41) is 0. The van der Waals surface area contributed by atoms with Crippen LogP contribution in [0.1, 0.15) is 13.3 Å². The predicted molar refractivity (Wildman–Crippen MR) is 55.7 cm³/mol. The van der Waals surface area contributed by atoms with Gasteiger partial charge in [-0.05, 0) is 6.42 Å². The molecule has 1 rings (SSSR count). The molecule has 0 bridgehead atoms. The number of amides is 2. The van der Waals surface area contributed by atoms with E-state index in [9.17, 15) is 18.0 Å². The Morgan fingerprint density at radius 1 is 1.35 bits per heavy atom. The van der Waals surface area contributed by atoms with Gasteiger partial charge in [-0.2, -0.15) is 13.2 Å². The highest BCUT2D eigenvalue weighted by Gasteiger charge is 2.34. The minimum atomic E-state index is -4.35. The monoisotopic (exact) mass is 254 g/mol. The van der Waals surface area contributed by atoms with E-state index in [0.29, 0.717) is 32.7 Å². The van der Waals surface area contributed by atoms with Crippen molar-refractivity contribution in [2.75, 3.05) is 39.4 Å². The minimum Gasteiger partial charge on any atom is -0.378 e. The van der Waals surface area contributed by atoms with E-state index in [1.165, 1.54) is 4.90 Å². The van der Waals surface area contributed by atoms with Crippen molar-refractivity contribution in [2.24, 2.45) is 0 Å². The van der Waals surface area contributed by atoms with Crippen LogP contribution in [0.4, 0.5) is 18.0 Å². The lowest BCUT2D eigenvalue weighted by atomic mass is 10.4. The first-order chi connectivity index (χ1) is 7.94. The van der Waals surface area contributed by atoms with E-state index in [-0.39, 0.29) is 6.54 Å². The predicted octanol–water partition coefficient (Wildman–Crippen LogP) is 1.71. The summed E-state index contributed by atoms with van der Waals surface area (Å²) in [6.07, 6.45) is -3.84. The molecular formula is C10H17F3N2O2. The molecule has 4 nitrogen and oxygen atoms in total. The lowest BCUT2D eigenvalue weighted by Gasteiger charge is -2.33. The third-order valence-electron chi connectivity index (χ3n) is 2.42. The van der Waals surface area contributed by atoms with Gasteiger partial charge in [-0.1, -0.05) is 6.92 Å².